The van der Waals surface area contributed by atoms with Crippen LogP contribution in [0.2, 0.25) is 0 Å². The summed E-state index contributed by atoms with van der Waals surface area (Å²) in [7, 11) is -4.62. The first-order chi connectivity index (χ1) is 21.7. The molecule has 0 aliphatic heterocycles. The van der Waals surface area contributed by atoms with Crippen LogP contribution in [0.4, 0.5) is 0 Å². The molecule has 0 aliphatic rings. The van der Waals surface area contributed by atoms with E-state index in [1.165, 1.54) is 19.3 Å². The van der Waals surface area contributed by atoms with Gasteiger partial charge in [-0.1, -0.05) is 100 Å². The minimum absolute atomic E-state index is 0.130. The molecule has 2 unspecified atom stereocenters. The Labute approximate surface area is 270 Å². The van der Waals surface area contributed by atoms with E-state index in [1.54, 1.807) is 0 Å². The minimum Gasteiger partial charge on any atom is -0.462 e. The van der Waals surface area contributed by atoms with Crippen LogP contribution >= 0.6 is 7.82 Å². The molecule has 0 aromatic rings. The van der Waals surface area contributed by atoms with Gasteiger partial charge >= 0.3 is 19.8 Å². The molecule has 0 bridgehead atoms. The molecular weight excluding hydrogens is 599 g/mol. The maximum absolute atomic E-state index is 12.4. The van der Waals surface area contributed by atoms with Crippen LogP contribution in [0.25, 0.3) is 0 Å². The third-order valence-electron chi connectivity index (χ3n) is 6.25. The molecule has 258 valence electrons. The second-order valence-electron chi connectivity index (χ2n) is 10.5. The van der Waals surface area contributed by atoms with Crippen LogP contribution in [-0.4, -0.2) is 65.7 Å². The van der Waals surface area contributed by atoms with Crippen LogP contribution in [0.1, 0.15) is 104 Å². The fourth-order valence-electron chi connectivity index (χ4n) is 3.71. The number of aliphatic hydroxyl groups is 2. The van der Waals surface area contributed by atoms with Crippen molar-refractivity contribution in [3.63, 3.8) is 0 Å². The number of phosphoric ester groups is 1. The highest BCUT2D eigenvalue weighted by Gasteiger charge is 2.27. The van der Waals surface area contributed by atoms with Crippen LogP contribution in [0.5, 0.6) is 0 Å². The first kappa shape index (κ1) is 42.7. The van der Waals surface area contributed by atoms with E-state index in [4.69, 9.17) is 19.1 Å². The molecule has 0 rings (SSSR count). The predicted molar refractivity (Wildman–Crippen MR) is 177 cm³/mol. The van der Waals surface area contributed by atoms with E-state index in [2.05, 4.69) is 42.7 Å². The van der Waals surface area contributed by atoms with Gasteiger partial charge in [-0.25, -0.2) is 4.57 Å². The van der Waals surface area contributed by atoms with Gasteiger partial charge in [-0.05, 0) is 51.4 Å². The first-order valence-electron chi connectivity index (χ1n) is 16.3. The van der Waals surface area contributed by atoms with Crippen molar-refractivity contribution in [3.05, 3.63) is 60.8 Å². The van der Waals surface area contributed by atoms with Crippen molar-refractivity contribution in [1.29, 1.82) is 0 Å². The molecule has 0 fully saturated rings. The van der Waals surface area contributed by atoms with E-state index in [-0.39, 0.29) is 19.4 Å². The third-order valence-corrected chi connectivity index (χ3v) is 7.20. The Morgan fingerprint density at radius 2 is 1.27 bits per heavy atom. The lowest BCUT2D eigenvalue weighted by atomic mass is 10.1. The van der Waals surface area contributed by atoms with E-state index in [0.717, 1.165) is 44.9 Å². The lowest BCUT2D eigenvalue weighted by molar-refractivity contribution is -0.161. The molecule has 0 spiro atoms. The van der Waals surface area contributed by atoms with Gasteiger partial charge in [-0.2, -0.15) is 0 Å². The molecule has 3 atom stereocenters. The Morgan fingerprint density at radius 3 is 1.93 bits per heavy atom. The molecular formula is C34H57O10P. The summed E-state index contributed by atoms with van der Waals surface area (Å²) in [6.45, 7) is 2.06. The number of allylic oxidation sites excluding steroid dienone is 10. The summed E-state index contributed by atoms with van der Waals surface area (Å²) in [6, 6.07) is 0. The average molecular weight is 657 g/mol. The number of hydrogen-bond acceptors (Lipinski definition) is 9. The summed E-state index contributed by atoms with van der Waals surface area (Å²) in [5.41, 5.74) is 0. The van der Waals surface area contributed by atoms with Crippen LogP contribution in [-0.2, 0) is 32.7 Å². The van der Waals surface area contributed by atoms with E-state index < -0.39 is 51.8 Å². The molecule has 0 aliphatic carbocycles. The fourth-order valence-corrected chi connectivity index (χ4v) is 4.50. The zero-order valence-electron chi connectivity index (χ0n) is 27.3. The van der Waals surface area contributed by atoms with Crippen molar-refractivity contribution in [2.75, 3.05) is 26.4 Å². The fraction of sp³-hybridized carbons (Fsp3) is 0.647. The third kappa shape index (κ3) is 30.1. The standard InChI is InChI=1S/C34H57O10P/c1-3-5-7-9-11-13-14-15-16-18-20-22-24-26-34(38)44-32(30-43-45(39,40)42-28-31(36)27-35)29-41-33(37)25-23-21-19-17-12-10-8-6-4-2/h5,7,9,11,13-17,19,31-32,35-36H,3-4,6,8,10,12,18,20-30H2,1-2H3,(H,39,40)/b7-5+,11-9+,14-13+,16-15+,19-17+/t31-,32?/m0/s1. The van der Waals surface area contributed by atoms with Gasteiger partial charge in [-0.3, -0.25) is 18.6 Å². The topological polar surface area (TPSA) is 149 Å². The van der Waals surface area contributed by atoms with Crippen molar-refractivity contribution >= 4 is 19.8 Å². The van der Waals surface area contributed by atoms with Gasteiger partial charge in [0.15, 0.2) is 6.10 Å². The maximum atomic E-state index is 12.4. The predicted octanol–water partition coefficient (Wildman–Crippen LogP) is 7.21. The van der Waals surface area contributed by atoms with Gasteiger partial charge < -0.3 is 24.6 Å². The Hall–Kier alpha value is -2.33. The quantitative estimate of drug-likeness (QED) is 0.0248. The van der Waals surface area contributed by atoms with Crippen LogP contribution in [0.3, 0.4) is 0 Å². The van der Waals surface area contributed by atoms with Gasteiger partial charge in [0.25, 0.3) is 0 Å². The van der Waals surface area contributed by atoms with Crippen LogP contribution < -0.4 is 0 Å². The lowest BCUT2D eigenvalue weighted by Crippen LogP contribution is -2.29. The zero-order chi connectivity index (χ0) is 33.4. The lowest BCUT2D eigenvalue weighted by Gasteiger charge is -2.20. The van der Waals surface area contributed by atoms with Crippen molar-refractivity contribution < 1.29 is 47.8 Å². The van der Waals surface area contributed by atoms with E-state index in [9.17, 15) is 24.2 Å². The molecule has 45 heavy (non-hydrogen) atoms. The summed E-state index contributed by atoms with van der Waals surface area (Å²) < 4.78 is 32.3. The molecule has 0 saturated heterocycles. The minimum atomic E-state index is -4.62. The largest absolute Gasteiger partial charge is 0.472 e. The highest BCUT2D eigenvalue weighted by atomic mass is 31.2. The first-order valence-corrected chi connectivity index (χ1v) is 17.8. The number of carbonyl (C=O) groups is 2. The normalized spacial score (nSPS) is 15.0. The molecule has 0 saturated carbocycles. The van der Waals surface area contributed by atoms with E-state index in [1.807, 2.05) is 36.5 Å². The molecule has 0 aromatic heterocycles. The number of hydrogen-bond donors (Lipinski definition) is 3. The number of unbranched alkanes of at least 4 members (excludes halogenated alkanes) is 8. The SMILES string of the molecule is CC/C=C/C=C/C=C/C=C/CCCCCC(=O)OC(COC(=O)CCC/C=C/CCCCCC)COP(=O)(O)OC[C@@H](O)CO. The highest BCUT2D eigenvalue weighted by molar-refractivity contribution is 7.47. The second kappa shape index (κ2) is 30.3. The molecule has 3 N–H and O–H groups in total. The Balaban J connectivity index is 4.60. The summed E-state index contributed by atoms with van der Waals surface area (Å²) in [6.07, 6.45) is 29.4. The van der Waals surface area contributed by atoms with Crippen LogP contribution in [0, 0.1) is 0 Å². The van der Waals surface area contributed by atoms with E-state index in [0.29, 0.717) is 12.8 Å². The van der Waals surface area contributed by atoms with Gasteiger partial charge in [-0.15, -0.1) is 0 Å². The molecule has 0 radical (unpaired) electrons. The van der Waals surface area contributed by atoms with Crippen molar-refractivity contribution in [2.24, 2.45) is 0 Å². The van der Waals surface area contributed by atoms with Crippen molar-refractivity contribution in [2.45, 2.75) is 116 Å². The summed E-state index contributed by atoms with van der Waals surface area (Å²) in [4.78, 5) is 34.5. The van der Waals surface area contributed by atoms with Gasteiger partial charge in [0, 0.05) is 12.8 Å². The number of esters is 2. The van der Waals surface area contributed by atoms with Crippen LogP contribution in [0.15, 0.2) is 60.8 Å². The molecule has 10 nitrogen and oxygen atoms in total. The number of carbonyl (C=O) groups excluding carboxylic acids is 2. The summed E-state index contributed by atoms with van der Waals surface area (Å²) in [5, 5.41) is 18.2. The molecule has 0 aromatic carbocycles. The number of rotatable bonds is 29. The van der Waals surface area contributed by atoms with Gasteiger partial charge in [0.1, 0.15) is 12.7 Å². The number of phosphoric acid groups is 1. The van der Waals surface area contributed by atoms with E-state index >= 15 is 0 Å². The monoisotopic (exact) mass is 656 g/mol. The molecule has 11 heteroatoms. The van der Waals surface area contributed by atoms with Gasteiger partial charge in [0.2, 0.25) is 0 Å². The van der Waals surface area contributed by atoms with Crippen molar-refractivity contribution in [3.8, 4) is 0 Å². The Bertz CT molecular complexity index is 941. The maximum Gasteiger partial charge on any atom is 0.472 e. The highest BCUT2D eigenvalue weighted by Crippen LogP contribution is 2.43. The summed E-state index contributed by atoms with van der Waals surface area (Å²) in [5.74, 6) is -1.02. The number of ether oxygens (including phenoxy) is 2. The zero-order valence-corrected chi connectivity index (χ0v) is 28.2. The molecule has 0 heterocycles. The average Bonchev–Trinajstić information content (AvgIpc) is 3.02. The number of aliphatic hydroxyl groups excluding tert-OH is 2. The Kier molecular flexibility index (Phi) is 28.8. The summed E-state index contributed by atoms with van der Waals surface area (Å²) >= 11 is 0. The second-order valence-corrected chi connectivity index (χ2v) is 12.0. The van der Waals surface area contributed by atoms with Gasteiger partial charge in [0.05, 0.1) is 19.8 Å². The molecule has 0 amide bonds. The smallest absolute Gasteiger partial charge is 0.462 e. The Morgan fingerprint density at radius 1 is 0.689 bits per heavy atom. The van der Waals surface area contributed by atoms with Crippen molar-refractivity contribution in [1.82, 2.24) is 0 Å².